The molecule has 1 amide bonds. The number of piperidine rings is 1. The van der Waals surface area contributed by atoms with Crippen molar-refractivity contribution in [3.05, 3.63) is 29.8 Å². The average molecular weight is 360 g/mol. The van der Waals surface area contributed by atoms with Crippen LogP contribution in [0.15, 0.2) is 24.3 Å². The molecule has 5 nitrogen and oxygen atoms in total. The largest absolute Gasteiger partial charge is 0.444 e. The molecule has 2 rings (SSSR count). The predicted octanol–water partition coefficient (Wildman–Crippen LogP) is 4.73. The molecule has 0 aliphatic carbocycles. The van der Waals surface area contributed by atoms with Crippen LogP contribution in [0.2, 0.25) is 0 Å². The fourth-order valence-electron chi connectivity index (χ4n) is 3.30. The van der Waals surface area contributed by atoms with Crippen molar-refractivity contribution >= 4 is 17.6 Å². The second-order valence-electron chi connectivity index (χ2n) is 8.43. The molecule has 1 aromatic rings. The van der Waals surface area contributed by atoms with Gasteiger partial charge in [0.1, 0.15) is 5.60 Å². The molecule has 1 aliphatic heterocycles. The molecule has 144 valence electrons. The molecule has 0 radical (unpaired) electrons. The lowest BCUT2D eigenvalue weighted by Gasteiger charge is -2.35. The quantitative estimate of drug-likeness (QED) is 0.772. The van der Waals surface area contributed by atoms with Gasteiger partial charge >= 0.3 is 6.09 Å². The molecule has 1 fully saturated rings. The maximum absolute atomic E-state index is 12.7. The summed E-state index contributed by atoms with van der Waals surface area (Å²) in [5.41, 5.74) is 0.665. The minimum Gasteiger partial charge on any atom is -0.444 e. The Balaban J connectivity index is 1.96. The third-order valence-corrected chi connectivity index (χ3v) is 4.58. The van der Waals surface area contributed by atoms with E-state index in [0.717, 1.165) is 25.9 Å². The number of Topliss-reactive ketones (excluding diaryl/α,β-unsaturated/α-hetero) is 1. The van der Waals surface area contributed by atoms with Gasteiger partial charge < -0.3 is 9.64 Å². The highest BCUT2D eigenvalue weighted by Gasteiger charge is 2.24. The highest BCUT2D eigenvalue weighted by atomic mass is 16.6. The monoisotopic (exact) mass is 360 g/mol. The topological polar surface area (TPSA) is 58.6 Å². The Morgan fingerprint density at radius 2 is 2.04 bits per heavy atom. The SMILES string of the molecule is CC(C)N1CCC[C@@H](CC(=O)c2cccc(NC(=O)OC(C)(C)C)c2)C1. The van der Waals surface area contributed by atoms with E-state index in [-0.39, 0.29) is 5.78 Å². The Hall–Kier alpha value is -1.88. The van der Waals surface area contributed by atoms with Crippen molar-refractivity contribution in [3.8, 4) is 0 Å². The Morgan fingerprint density at radius 1 is 1.31 bits per heavy atom. The van der Waals surface area contributed by atoms with Crippen LogP contribution < -0.4 is 5.32 Å². The summed E-state index contributed by atoms with van der Waals surface area (Å²) in [6.07, 6.45) is 2.29. The van der Waals surface area contributed by atoms with Crippen molar-refractivity contribution in [2.24, 2.45) is 5.92 Å². The number of hydrogen-bond donors (Lipinski definition) is 1. The number of hydrogen-bond acceptors (Lipinski definition) is 4. The standard InChI is InChI=1S/C21H32N2O3/c1-15(2)23-11-7-8-16(14-23)12-19(24)17-9-6-10-18(13-17)22-20(25)26-21(3,4)5/h6,9-10,13,15-16H,7-8,11-12,14H2,1-5H3,(H,22,25)/t16-/m0/s1. The van der Waals surface area contributed by atoms with Gasteiger partial charge in [-0.2, -0.15) is 0 Å². The van der Waals surface area contributed by atoms with E-state index in [4.69, 9.17) is 4.74 Å². The van der Waals surface area contributed by atoms with Crippen LogP contribution in [-0.2, 0) is 4.74 Å². The zero-order chi connectivity index (χ0) is 19.3. The van der Waals surface area contributed by atoms with E-state index in [1.807, 2.05) is 26.8 Å². The number of ether oxygens (including phenoxy) is 1. The van der Waals surface area contributed by atoms with Crippen LogP contribution in [0.5, 0.6) is 0 Å². The van der Waals surface area contributed by atoms with Crippen molar-refractivity contribution in [1.82, 2.24) is 4.90 Å². The van der Waals surface area contributed by atoms with Crippen LogP contribution in [0.3, 0.4) is 0 Å². The van der Waals surface area contributed by atoms with Crippen LogP contribution in [0.25, 0.3) is 0 Å². The molecule has 1 atom stereocenters. The number of nitrogens with zero attached hydrogens (tertiary/aromatic N) is 1. The molecule has 26 heavy (non-hydrogen) atoms. The minimum atomic E-state index is -0.555. The lowest BCUT2D eigenvalue weighted by atomic mass is 9.90. The average Bonchev–Trinajstić information content (AvgIpc) is 2.53. The summed E-state index contributed by atoms with van der Waals surface area (Å²) in [5.74, 6) is 0.537. The third-order valence-electron chi connectivity index (χ3n) is 4.58. The zero-order valence-electron chi connectivity index (χ0n) is 16.7. The van der Waals surface area contributed by atoms with Crippen LogP contribution in [0.1, 0.15) is 64.2 Å². The first-order chi connectivity index (χ1) is 12.1. The van der Waals surface area contributed by atoms with Gasteiger partial charge in [0.05, 0.1) is 0 Å². The predicted molar refractivity (Wildman–Crippen MR) is 105 cm³/mol. The third kappa shape index (κ3) is 6.45. The summed E-state index contributed by atoms with van der Waals surface area (Å²) >= 11 is 0. The molecule has 0 bridgehead atoms. The van der Waals surface area contributed by atoms with Crippen molar-refractivity contribution in [2.75, 3.05) is 18.4 Å². The lowest BCUT2D eigenvalue weighted by molar-refractivity contribution is 0.0635. The number of likely N-dealkylation sites (tertiary alicyclic amines) is 1. The van der Waals surface area contributed by atoms with Gasteiger partial charge in [-0.25, -0.2) is 4.79 Å². The molecule has 5 heteroatoms. The Labute approximate surface area is 157 Å². The van der Waals surface area contributed by atoms with Crippen molar-refractivity contribution < 1.29 is 14.3 Å². The van der Waals surface area contributed by atoms with E-state index in [2.05, 4.69) is 24.1 Å². The van der Waals surface area contributed by atoms with E-state index in [0.29, 0.717) is 29.6 Å². The summed E-state index contributed by atoms with van der Waals surface area (Å²) < 4.78 is 5.26. The van der Waals surface area contributed by atoms with Crippen LogP contribution in [-0.4, -0.2) is 41.5 Å². The molecule has 0 aromatic heterocycles. The van der Waals surface area contributed by atoms with Gasteiger partial charge in [-0.15, -0.1) is 0 Å². The molecule has 1 heterocycles. The van der Waals surface area contributed by atoms with Gasteiger partial charge in [0.15, 0.2) is 5.78 Å². The number of amides is 1. The zero-order valence-corrected chi connectivity index (χ0v) is 16.7. The summed E-state index contributed by atoms with van der Waals surface area (Å²) in [4.78, 5) is 27.0. The molecule has 1 saturated heterocycles. The number of benzene rings is 1. The molecule has 1 N–H and O–H groups in total. The second kappa shape index (κ2) is 8.67. The molecular formula is C21H32N2O3. The Morgan fingerprint density at radius 3 is 2.69 bits per heavy atom. The van der Waals surface area contributed by atoms with Crippen molar-refractivity contribution in [3.63, 3.8) is 0 Å². The van der Waals surface area contributed by atoms with Gasteiger partial charge in [-0.05, 0) is 72.1 Å². The summed E-state index contributed by atoms with van der Waals surface area (Å²) in [7, 11) is 0. The van der Waals surface area contributed by atoms with Gasteiger partial charge in [-0.1, -0.05) is 12.1 Å². The first kappa shape index (κ1) is 20.4. The van der Waals surface area contributed by atoms with E-state index in [9.17, 15) is 9.59 Å². The smallest absolute Gasteiger partial charge is 0.412 e. The highest BCUT2D eigenvalue weighted by molar-refractivity contribution is 5.98. The molecular weight excluding hydrogens is 328 g/mol. The molecule has 0 saturated carbocycles. The summed E-state index contributed by atoms with van der Waals surface area (Å²) in [5, 5.41) is 2.70. The van der Waals surface area contributed by atoms with E-state index < -0.39 is 11.7 Å². The number of anilines is 1. The molecule has 1 aromatic carbocycles. The van der Waals surface area contributed by atoms with Crippen LogP contribution in [0.4, 0.5) is 10.5 Å². The first-order valence-electron chi connectivity index (χ1n) is 9.51. The number of carbonyl (C=O) groups is 2. The van der Waals surface area contributed by atoms with E-state index >= 15 is 0 Å². The summed E-state index contributed by atoms with van der Waals surface area (Å²) in [6.45, 7) is 12.0. The normalized spacial score (nSPS) is 18.6. The minimum absolute atomic E-state index is 0.133. The number of nitrogens with one attached hydrogen (secondary N) is 1. The first-order valence-corrected chi connectivity index (χ1v) is 9.51. The molecule has 0 unspecified atom stereocenters. The fourth-order valence-corrected chi connectivity index (χ4v) is 3.30. The highest BCUT2D eigenvalue weighted by Crippen LogP contribution is 2.24. The maximum Gasteiger partial charge on any atom is 0.412 e. The second-order valence-corrected chi connectivity index (χ2v) is 8.43. The van der Waals surface area contributed by atoms with Crippen molar-refractivity contribution in [2.45, 2.75) is 65.5 Å². The van der Waals surface area contributed by atoms with Gasteiger partial charge in [-0.3, -0.25) is 10.1 Å². The van der Waals surface area contributed by atoms with E-state index in [1.165, 1.54) is 0 Å². The number of rotatable bonds is 5. The number of ketones is 1. The Bertz CT molecular complexity index is 634. The van der Waals surface area contributed by atoms with Crippen molar-refractivity contribution in [1.29, 1.82) is 0 Å². The summed E-state index contributed by atoms with van der Waals surface area (Å²) in [6, 6.07) is 7.62. The van der Waals surface area contributed by atoms with Gasteiger partial charge in [0.2, 0.25) is 0 Å². The van der Waals surface area contributed by atoms with Crippen LogP contribution in [0, 0.1) is 5.92 Å². The Kier molecular flexibility index (Phi) is 6.81. The van der Waals surface area contributed by atoms with Gasteiger partial charge in [0.25, 0.3) is 0 Å². The lowest BCUT2D eigenvalue weighted by Crippen LogP contribution is -2.40. The van der Waals surface area contributed by atoms with E-state index in [1.54, 1.807) is 18.2 Å². The maximum atomic E-state index is 12.7. The van der Waals surface area contributed by atoms with Crippen LogP contribution >= 0.6 is 0 Å². The molecule has 1 aliphatic rings. The molecule has 0 spiro atoms. The number of carbonyl (C=O) groups excluding carboxylic acids is 2. The fraction of sp³-hybridized carbons (Fsp3) is 0.619. The van der Waals surface area contributed by atoms with Gasteiger partial charge in [0, 0.05) is 30.3 Å².